The molecule has 7 heteroatoms. The quantitative estimate of drug-likeness (QED) is 0.619. The molecular formula is C13H7F5O2. The van der Waals surface area contributed by atoms with Crippen molar-refractivity contribution in [2.45, 2.75) is 12.1 Å². The number of hydrogen-bond donors (Lipinski definition) is 0. The van der Waals surface area contributed by atoms with Crippen molar-refractivity contribution >= 4 is 6.29 Å². The molecule has 0 fully saturated rings. The number of hydrogen-bond acceptors (Lipinski definition) is 2. The zero-order chi connectivity index (χ0) is 15.0. The Labute approximate surface area is 109 Å². The number of rotatable bonds is 3. The summed E-state index contributed by atoms with van der Waals surface area (Å²) in [6.07, 6.45) is -5.28. The maximum absolute atomic E-state index is 13.2. The summed E-state index contributed by atoms with van der Waals surface area (Å²) in [7, 11) is 0. The third-order valence-electron chi connectivity index (χ3n) is 2.61. The maximum atomic E-state index is 13.2. The van der Waals surface area contributed by atoms with E-state index < -0.39 is 17.7 Å². The number of alkyl halides is 5. The fourth-order valence-electron chi connectivity index (χ4n) is 1.60. The highest BCUT2D eigenvalue weighted by Crippen LogP contribution is 2.44. The SMILES string of the molecule is O=Cc1ccc(-c2cccc(C(F)(F)C(F)(F)F)c2)o1. The Morgan fingerprint density at radius 1 is 1.00 bits per heavy atom. The first-order chi connectivity index (χ1) is 9.25. The fourth-order valence-corrected chi connectivity index (χ4v) is 1.60. The molecule has 0 saturated heterocycles. The summed E-state index contributed by atoms with van der Waals surface area (Å²) >= 11 is 0. The summed E-state index contributed by atoms with van der Waals surface area (Å²) < 4.78 is 68.3. The number of carbonyl (C=O) groups is 1. The van der Waals surface area contributed by atoms with Crippen LogP contribution in [0.15, 0.2) is 40.8 Å². The lowest BCUT2D eigenvalue weighted by molar-refractivity contribution is -0.289. The normalized spacial score (nSPS) is 12.4. The Morgan fingerprint density at radius 3 is 2.25 bits per heavy atom. The minimum atomic E-state index is -5.68. The van der Waals surface area contributed by atoms with Crippen LogP contribution < -0.4 is 0 Å². The van der Waals surface area contributed by atoms with Gasteiger partial charge in [-0.1, -0.05) is 18.2 Å². The summed E-state index contributed by atoms with van der Waals surface area (Å²) in [5.41, 5.74) is -1.16. The standard InChI is InChI=1S/C13H7F5O2/c14-12(15,13(16,17)18)9-3-1-2-8(6-9)11-5-4-10(7-19)20-11/h1-7H. The first kappa shape index (κ1) is 14.2. The first-order valence-electron chi connectivity index (χ1n) is 5.36. The predicted octanol–water partition coefficient (Wildman–Crippen LogP) is 4.41. The van der Waals surface area contributed by atoms with Crippen LogP contribution in [0.3, 0.4) is 0 Å². The average molecular weight is 290 g/mol. The summed E-state index contributed by atoms with van der Waals surface area (Å²) in [4.78, 5) is 10.4. The highest BCUT2D eigenvalue weighted by molar-refractivity contribution is 5.72. The molecule has 2 rings (SSSR count). The monoisotopic (exact) mass is 290 g/mol. The Hall–Kier alpha value is -2.18. The molecule has 0 aliphatic rings. The molecular weight excluding hydrogens is 283 g/mol. The van der Waals surface area contributed by atoms with Crippen molar-refractivity contribution in [3.8, 4) is 11.3 Å². The number of halogens is 5. The van der Waals surface area contributed by atoms with Crippen LogP contribution in [0.25, 0.3) is 11.3 Å². The maximum Gasteiger partial charge on any atom is 0.458 e. The third-order valence-corrected chi connectivity index (χ3v) is 2.61. The topological polar surface area (TPSA) is 30.2 Å². The van der Waals surface area contributed by atoms with E-state index in [1.807, 2.05) is 0 Å². The smallest absolute Gasteiger partial charge is 0.453 e. The van der Waals surface area contributed by atoms with Gasteiger partial charge in [-0.2, -0.15) is 22.0 Å². The van der Waals surface area contributed by atoms with Crippen LogP contribution in [0.1, 0.15) is 16.1 Å². The minimum absolute atomic E-state index is 0.0273. The van der Waals surface area contributed by atoms with Gasteiger partial charge < -0.3 is 4.42 Å². The van der Waals surface area contributed by atoms with Gasteiger partial charge >= 0.3 is 12.1 Å². The summed E-state index contributed by atoms with van der Waals surface area (Å²) in [6.45, 7) is 0. The van der Waals surface area contributed by atoms with Crippen molar-refractivity contribution in [1.29, 1.82) is 0 Å². The van der Waals surface area contributed by atoms with E-state index in [-0.39, 0.29) is 17.1 Å². The lowest BCUT2D eigenvalue weighted by Gasteiger charge is -2.20. The summed E-state index contributed by atoms with van der Waals surface area (Å²) in [5.74, 6) is -4.97. The molecule has 1 heterocycles. The highest BCUT2D eigenvalue weighted by Gasteiger charge is 2.58. The van der Waals surface area contributed by atoms with Gasteiger partial charge in [-0.25, -0.2) is 0 Å². The molecule has 2 aromatic rings. The van der Waals surface area contributed by atoms with E-state index in [0.29, 0.717) is 18.4 Å². The van der Waals surface area contributed by atoms with Gasteiger partial charge in [0.05, 0.1) is 0 Å². The van der Waals surface area contributed by atoms with Gasteiger partial charge in [-0.05, 0) is 18.2 Å². The minimum Gasteiger partial charge on any atom is -0.453 e. The Morgan fingerprint density at radius 2 is 1.70 bits per heavy atom. The number of benzene rings is 1. The molecule has 20 heavy (non-hydrogen) atoms. The number of furan rings is 1. The van der Waals surface area contributed by atoms with Crippen LogP contribution in [-0.2, 0) is 5.92 Å². The van der Waals surface area contributed by atoms with E-state index in [1.165, 1.54) is 18.2 Å². The molecule has 0 radical (unpaired) electrons. The lowest BCUT2D eigenvalue weighted by atomic mass is 10.0. The van der Waals surface area contributed by atoms with Crippen LogP contribution in [0, 0.1) is 0 Å². The molecule has 1 aromatic carbocycles. The van der Waals surface area contributed by atoms with Crippen molar-refractivity contribution in [1.82, 2.24) is 0 Å². The van der Waals surface area contributed by atoms with Gasteiger partial charge in [0, 0.05) is 11.1 Å². The molecule has 0 N–H and O–H groups in total. The van der Waals surface area contributed by atoms with Crippen molar-refractivity contribution in [2.24, 2.45) is 0 Å². The Kier molecular flexibility index (Phi) is 3.37. The molecule has 106 valence electrons. The van der Waals surface area contributed by atoms with Gasteiger partial charge in [0.25, 0.3) is 0 Å². The van der Waals surface area contributed by atoms with Gasteiger partial charge in [-0.15, -0.1) is 0 Å². The second kappa shape index (κ2) is 4.73. The second-order valence-electron chi connectivity index (χ2n) is 3.97. The van der Waals surface area contributed by atoms with Crippen LogP contribution in [0.4, 0.5) is 22.0 Å². The molecule has 1 aromatic heterocycles. The molecule has 2 nitrogen and oxygen atoms in total. The molecule has 0 aliphatic carbocycles. The van der Waals surface area contributed by atoms with Crippen LogP contribution in [0.5, 0.6) is 0 Å². The van der Waals surface area contributed by atoms with Crippen LogP contribution >= 0.6 is 0 Å². The van der Waals surface area contributed by atoms with Gasteiger partial charge in [-0.3, -0.25) is 4.79 Å². The van der Waals surface area contributed by atoms with Crippen molar-refractivity contribution < 1.29 is 31.2 Å². The third kappa shape index (κ3) is 2.43. The van der Waals surface area contributed by atoms with Gasteiger partial charge in [0.1, 0.15) is 5.76 Å². The van der Waals surface area contributed by atoms with Crippen molar-refractivity contribution in [3.05, 3.63) is 47.7 Å². The van der Waals surface area contributed by atoms with E-state index >= 15 is 0 Å². The highest BCUT2D eigenvalue weighted by atomic mass is 19.4. The first-order valence-corrected chi connectivity index (χ1v) is 5.36. The van der Waals surface area contributed by atoms with Gasteiger partial charge in [0.2, 0.25) is 0 Å². The van der Waals surface area contributed by atoms with Crippen molar-refractivity contribution in [2.75, 3.05) is 0 Å². The summed E-state index contributed by atoms with van der Waals surface area (Å²) in [5, 5.41) is 0. The second-order valence-corrected chi connectivity index (χ2v) is 3.97. The van der Waals surface area contributed by atoms with E-state index in [9.17, 15) is 26.7 Å². The molecule has 0 bridgehead atoms. The predicted molar refractivity (Wildman–Crippen MR) is 59.5 cm³/mol. The van der Waals surface area contributed by atoms with E-state index in [2.05, 4.69) is 0 Å². The molecule has 0 saturated carbocycles. The van der Waals surface area contributed by atoms with E-state index in [1.54, 1.807) is 0 Å². The molecule has 0 atom stereocenters. The largest absolute Gasteiger partial charge is 0.458 e. The molecule has 0 unspecified atom stereocenters. The zero-order valence-corrected chi connectivity index (χ0v) is 9.75. The van der Waals surface area contributed by atoms with Crippen LogP contribution in [-0.4, -0.2) is 12.5 Å². The fraction of sp³-hybridized carbons (Fsp3) is 0.154. The van der Waals surface area contributed by atoms with E-state index in [4.69, 9.17) is 4.42 Å². The summed E-state index contributed by atoms with van der Waals surface area (Å²) in [6, 6.07) is 6.34. The molecule has 0 spiro atoms. The molecule has 0 aliphatic heterocycles. The van der Waals surface area contributed by atoms with Crippen molar-refractivity contribution in [3.63, 3.8) is 0 Å². The van der Waals surface area contributed by atoms with Gasteiger partial charge in [0.15, 0.2) is 12.0 Å². The molecule has 0 amide bonds. The Bertz CT molecular complexity index is 628. The van der Waals surface area contributed by atoms with Crippen LogP contribution in [0.2, 0.25) is 0 Å². The number of aldehydes is 1. The lowest BCUT2D eigenvalue weighted by Crippen LogP contribution is -2.33. The number of carbonyl (C=O) groups excluding carboxylic acids is 1. The Balaban J connectivity index is 2.45. The van der Waals surface area contributed by atoms with E-state index in [0.717, 1.165) is 6.07 Å². The zero-order valence-electron chi connectivity index (χ0n) is 9.75. The average Bonchev–Trinajstić information content (AvgIpc) is 2.86.